The molecule has 0 aliphatic rings. The lowest BCUT2D eigenvalue weighted by Gasteiger charge is -2.18. The van der Waals surface area contributed by atoms with Crippen molar-refractivity contribution < 1.29 is 4.57 Å². The fraction of sp³-hybridized carbons (Fsp3) is 0.310. The minimum absolute atomic E-state index is 0.260. The van der Waals surface area contributed by atoms with Crippen LogP contribution in [0.15, 0.2) is 60.9 Å². The van der Waals surface area contributed by atoms with Crippen molar-refractivity contribution in [2.75, 3.05) is 0 Å². The lowest BCUT2D eigenvalue weighted by Crippen LogP contribution is -2.31. The van der Waals surface area contributed by atoms with Gasteiger partial charge in [-0.15, -0.1) is 0 Å². The van der Waals surface area contributed by atoms with E-state index in [1.807, 2.05) is 6.20 Å². The van der Waals surface area contributed by atoms with Crippen LogP contribution in [0.5, 0.6) is 0 Å². The Hall–Kier alpha value is -3.00. The van der Waals surface area contributed by atoms with Crippen molar-refractivity contribution >= 4 is 10.8 Å². The minimum atomic E-state index is 0.260. The lowest BCUT2D eigenvalue weighted by molar-refractivity contribution is -0.659. The van der Waals surface area contributed by atoms with Crippen molar-refractivity contribution in [1.29, 1.82) is 0 Å². The Bertz CT molecular complexity index is 1260. The molecule has 0 spiro atoms. The molecule has 0 amide bonds. The van der Waals surface area contributed by atoms with Gasteiger partial charge in [0.2, 0.25) is 5.69 Å². The third-order valence-corrected chi connectivity index (χ3v) is 6.08. The normalized spacial score (nSPS) is 11.8. The Morgan fingerprint density at radius 2 is 1.65 bits per heavy atom. The second-order valence-electron chi connectivity index (χ2n) is 10.1. The molecule has 0 aliphatic carbocycles. The second-order valence-corrected chi connectivity index (χ2v) is 10.1. The number of nitrogens with zero attached hydrogens (tertiary/aromatic N) is 2. The average Bonchev–Trinajstić information content (AvgIpc) is 2.70. The molecule has 2 heteroatoms. The van der Waals surface area contributed by atoms with Gasteiger partial charge in [0.25, 0.3) is 0 Å². The summed E-state index contributed by atoms with van der Waals surface area (Å²) in [4.78, 5) is 4.85. The molecule has 0 saturated carbocycles. The largest absolute Gasteiger partial charge is 0.256 e. The van der Waals surface area contributed by atoms with Crippen LogP contribution in [0.4, 0.5) is 0 Å². The molecule has 2 aromatic carbocycles. The van der Waals surface area contributed by atoms with E-state index in [-0.39, 0.29) is 5.41 Å². The Morgan fingerprint density at radius 3 is 2.32 bits per heavy atom. The quantitative estimate of drug-likeness (QED) is 0.336. The summed E-state index contributed by atoms with van der Waals surface area (Å²) in [5.74, 6) is 0. The summed E-state index contributed by atoms with van der Waals surface area (Å²) in [6, 6.07) is 17.8. The summed E-state index contributed by atoms with van der Waals surface area (Å²) in [6.45, 7) is 13.4. The third-order valence-electron chi connectivity index (χ3n) is 6.08. The van der Waals surface area contributed by atoms with Crippen molar-refractivity contribution in [2.24, 2.45) is 12.5 Å². The minimum Gasteiger partial charge on any atom is -0.256 e. The monoisotopic (exact) mass is 409 g/mol. The van der Waals surface area contributed by atoms with Gasteiger partial charge in [-0.2, -0.15) is 0 Å². The van der Waals surface area contributed by atoms with E-state index in [1.165, 1.54) is 49.8 Å². The number of fused-ring (bicyclic) bond motifs is 1. The maximum atomic E-state index is 4.85. The van der Waals surface area contributed by atoms with Gasteiger partial charge in [-0.1, -0.05) is 50.6 Å². The first-order chi connectivity index (χ1) is 14.6. The predicted molar refractivity (Wildman–Crippen MR) is 131 cm³/mol. The van der Waals surface area contributed by atoms with E-state index < -0.39 is 0 Å². The van der Waals surface area contributed by atoms with Crippen LogP contribution < -0.4 is 4.57 Å². The predicted octanol–water partition coefficient (Wildman–Crippen LogP) is 6.91. The molecule has 0 bridgehead atoms. The third kappa shape index (κ3) is 4.25. The number of benzene rings is 2. The highest BCUT2D eigenvalue weighted by Gasteiger charge is 2.20. The van der Waals surface area contributed by atoms with E-state index in [0.29, 0.717) is 0 Å². The van der Waals surface area contributed by atoms with Crippen LogP contribution >= 0.6 is 0 Å². The molecule has 0 N–H and O–H groups in total. The summed E-state index contributed by atoms with van der Waals surface area (Å²) in [6.07, 6.45) is 5.24. The molecular weight excluding hydrogens is 376 g/mol. The lowest BCUT2D eigenvalue weighted by atomic mass is 9.88. The van der Waals surface area contributed by atoms with Crippen LogP contribution in [-0.4, -0.2) is 4.98 Å². The molecule has 0 unspecified atom stereocenters. The molecule has 0 atom stereocenters. The first-order valence-electron chi connectivity index (χ1n) is 11.1. The summed E-state index contributed by atoms with van der Waals surface area (Å²) in [7, 11) is 2.14. The number of pyridine rings is 2. The van der Waals surface area contributed by atoms with Crippen molar-refractivity contribution in [1.82, 2.24) is 4.98 Å². The van der Waals surface area contributed by atoms with Gasteiger partial charge in [-0.25, -0.2) is 4.57 Å². The van der Waals surface area contributed by atoms with Crippen LogP contribution in [0, 0.1) is 26.2 Å². The first kappa shape index (κ1) is 21.2. The number of aryl methyl sites for hydroxylation is 3. The molecular formula is C29H33N2+. The molecule has 4 aromatic rings. The Kier molecular flexibility index (Phi) is 5.43. The molecule has 31 heavy (non-hydrogen) atoms. The zero-order valence-corrected chi connectivity index (χ0v) is 19.9. The molecule has 2 aromatic heterocycles. The summed E-state index contributed by atoms with van der Waals surface area (Å²) < 4.78 is 2.24. The highest BCUT2D eigenvalue weighted by Crippen LogP contribution is 2.34. The van der Waals surface area contributed by atoms with E-state index in [0.717, 1.165) is 12.1 Å². The van der Waals surface area contributed by atoms with E-state index in [9.17, 15) is 0 Å². The molecule has 2 nitrogen and oxygen atoms in total. The van der Waals surface area contributed by atoms with Gasteiger partial charge < -0.3 is 0 Å². The topological polar surface area (TPSA) is 16.8 Å². The molecule has 0 radical (unpaired) electrons. The Labute approximate surface area is 186 Å². The van der Waals surface area contributed by atoms with E-state index >= 15 is 0 Å². The van der Waals surface area contributed by atoms with Gasteiger partial charge in [-0.05, 0) is 67.5 Å². The Balaban J connectivity index is 1.89. The first-order valence-corrected chi connectivity index (χ1v) is 11.1. The molecule has 158 valence electrons. The fourth-order valence-corrected chi connectivity index (χ4v) is 4.55. The van der Waals surface area contributed by atoms with Crippen LogP contribution in [0.2, 0.25) is 0 Å². The fourth-order valence-electron chi connectivity index (χ4n) is 4.55. The van der Waals surface area contributed by atoms with Gasteiger partial charge in [-0.3, -0.25) is 4.98 Å². The van der Waals surface area contributed by atoms with Crippen molar-refractivity contribution in [3.8, 4) is 22.5 Å². The van der Waals surface area contributed by atoms with Gasteiger partial charge >= 0.3 is 0 Å². The van der Waals surface area contributed by atoms with Crippen LogP contribution in [0.25, 0.3) is 33.3 Å². The molecule has 4 rings (SSSR count). The van der Waals surface area contributed by atoms with Crippen molar-refractivity contribution in [2.45, 2.75) is 48.0 Å². The van der Waals surface area contributed by atoms with Crippen LogP contribution in [0.1, 0.15) is 43.0 Å². The molecule has 0 aliphatic heterocycles. The molecule has 0 saturated heterocycles. The Morgan fingerprint density at radius 1 is 0.871 bits per heavy atom. The zero-order valence-electron chi connectivity index (χ0n) is 19.9. The van der Waals surface area contributed by atoms with E-state index in [1.54, 1.807) is 0 Å². The maximum absolute atomic E-state index is 4.85. The van der Waals surface area contributed by atoms with Gasteiger partial charge in [0, 0.05) is 23.2 Å². The zero-order chi connectivity index (χ0) is 22.3. The average molecular weight is 410 g/mol. The molecule has 0 fully saturated rings. The van der Waals surface area contributed by atoms with E-state index in [2.05, 4.69) is 108 Å². The second kappa shape index (κ2) is 7.92. The van der Waals surface area contributed by atoms with Gasteiger partial charge in [0.1, 0.15) is 7.05 Å². The van der Waals surface area contributed by atoms with Gasteiger partial charge in [0.05, 0.1) is 16.6 Å². The molecule has 2 heterocycles. The maximum Gasteiger partial charge on any atom is 0.220 e. The highest BCUT2D eigenvalue weighted by atomic mass is 14.9. The number of rotatable bonds is 3. The van der Waals surface area contributed by atoms with Crippen molar-refractivity contribution in [3.63, 3.8) is 0 Å². The summed E-state index contributed by atoms with van der Waals surface area (Å²) in [5, 5.41) is 2.50. The number of aromatic nitrogens is 2. The SMILES string of the molecule is Cc1cc(C)c(C)c(-c2c3cccc(-c4ccc(CC(C)(C)C)cn4)c3cc[n+]2C)c1. The van der Waals surface area contributed by atoms with Crippen LogP contribution in [-0.2, 0) is 13.5 Å². The smallest absolute Gasteiger partial charge is 0.220 e. The summed E-state index contributed by atoms with van der Waals surface area (Å²) >= 11 is 0. The standard InChI is InChI=1S/C29H33N2/c1-19-15-20(2)21(3)26(16-19)28-25-10-8-9-24(23(25)13-14-31(28)7)27-12-11-22(18-30-27)17-29(4,5)6/h8-16,18H,17H2,1-7H3/q+1. The number of hydrogen-bond donors (Lipinski definition) is 0. The van der Waals surface area contributed by atoms with Crippen molar-refractivity contribution in [3.05, 3.63) is 83.2 Å². The van der Waals surface area contributed by atoms with Gasteiger partial charge in [0.15, 0.2) is 6.20 Å². The highest BCUT2D eigenvalue weighted by molar-refractivity contribution is 6.01. The van der Waals surface area contributed by atoms with Crippen LogP contribution in [0.3, 0.4) is 0 Å². The van der Waals surface area contributed by atoms with E-state index in [4.69, 9.17) is 4.98 Å². The summed E-state index contributed by atoms with van der Waals surface area (Å²) in [5.41, 5.74) is 10.3. The number of hydrogen-bond acceptors (Lipinski definition) is 1.